The molecule has 1 aromatic carbocycles. The van der Waals surface area contributed by atoms with Crippen LogP contribution in [0.15, 0.2) is 12.1 Å². The van der Waals surface area contributed by atoms with Gasteiger partial charge in [0.05, 0.1) is 22.0 Å². The fourth-order valence-corrected chi connectivity index (χ4v) is 0.846. The van der Waals surface area contributed by atoms with Gasteiger partial charge in [0.1, 0.15) is 5.69 Å². The normalized spacial score (nSPS) is 9.79. The van der Waals surface area contributed by atoms with Crippen LogP contribution in [0.4, 0.5) is 21.5 Å². The van der Waals surface area contributed by atoms with E-state index in [1.807, 2.05) is 0 Å². The number of hydrogen-bond donors (Lipinski definition) is 1. The molecule has 0 bridgehead atoms. The van der Waals surface area contributed by atoms with Gasteiger partial charge in [0.25, 0.3) is 5.69 Å². The number of rotatable bonds is 2. The third-order valence-corrected chi connectivity index (χ3v) is 1.50. The van der Waals surface area contributed by atoms with Crippen LogP contribution in [0.3, 0.4) is 0 Å². The molecular formula is C6H4FN3O4. The number of nitrogens with zero attached hydrogens (tertiary/aromatic N) is 2. The molecule has 0 fully saturated rings. The van der Waals surface area contributed by atoms with Gasteiger partial charge in [-0.25, -0.2) is 4.39 Å². The second-order valence-electron chi connectivity index (χ2n) is 2.37. The summed E-state index contributed by atoms with van der Waals surface area (Å²) in [4.78, 5) is 18.6. The smallest absolute Gasteiger partial charge is 0.302 e. The number of non-ortho nitro benzene ring substituents is 1. The maximum absolute atomic E-state index is 12.8. The van der Waals surface area contributed by atoms with E-state index in [2.05, 4.69) is 0 Å². The van der Waals surface area contributed by atoms with Crippen LogP contribution < -0.4 is 5.73 Å². The summed E-state index contributed by atoms with van der Waals surface area (Å²) in [5, 5.41) is 20.5. The Labute approximate surface area is 76.2 Å². The molecule has 0 saturated heterocycles. The van der Waals surface area contributed by atoms with Crippen molar-refractivity contribution in [3.05, 3.63) is 38.2 Å². The van der Waals surface area contributed by atoms with Crippen LogP contribution in [0.25, 0.3) is 0 Å². The molecule has 0 aliphatic rings. The molecular weight excluding hydrogens is 197 g/mol. The highest BCUT2D eigenvalue weighted by molar-refractivity contribution is 5.63. The zero-order valence-corrected chi connectivity index (χ0v) is 6.64. The molecule has 74 valence electrons. The van der Waals surface area contributed by atoms with Crippen LogP contribution in [0.5, 0.6) is 0 Å². The molecule has 0 amide bonds. The van der Waals surface area contributed by atoms with E-state index in [0.29, 0.717) is 12.1 Å². The molecule has 0 spiro atoms. The fraction of sp³-hybridized carbons (Fsp3) is 0. The Morgan fingerprint density at radius 2 is 1.79 bits per heavy atom. The lowest BCUT2D eigenvalue weighted by molar-refractivity contribution is -0.393. The molecule has 0 unspecified atom stereocenters. The summed E-state index contributed by atoms with van der Waals surface area (Å²) in [7, 11) is 0. The van der Waals surface area contributed by atoms with Gasteiger partial charge in [0.15, 0.2) is 5.82 Å². The zero-order valence-electron chi connectivity index (χ0n) is 6.64. The lowest BCUT2D eigenvalue weighted by Crippen LogP contribution is -2.00. The first-order chi connectivity index (χ1) is 6.43. The molecule has 0 aromatic heterocycles. The third-order valence-electron chi connectivity index (χ3n) is 1.50. The molecule has 0 saturated carbocycles. The first-order valence-corrected chi connectivity index (χ1v) is 3.31. The summed E-state index contributed by atoms with van der Waals surface area (Å²) < 4.78 is 12.8. The van der Waals surface area contributed by atoms with Gasteiger partial charge >= 0.3 is 5.69 Å². The van der Waals surface area contributed by atoms with E-state index in [9.17, 15) is 24.6 Å². The zero-order chi connectivity index (χ0) is 10.9. The van der Waals surface area contributed by atoms with Crippen LogP contribution >= 0.6 is 0 Å². The van der Waals surface area contributed by atoms with Gasteiger partial charge in [-0.05, 0) is 0 Å². The summed E-state index contributed by atoms with van der Waals surface area (Å²) in [5.41, 5.74) is 2.79. The Bertz CT molecular complexity index is 420. The maximum Gasteiger partial charge on any atom is 0.302 e. The van der Waals surface area contributed by atoms with E-state index < -0.39 is 32.7 Å². The minimum Gasteiger partial charge on any atom is -0.391 e. The van der Waals surface area contributed by atoms with Crippen molar-refractivity contribution in [1.82, 2.24) is 0 Å². The molecule has 0 heterocycles. The van der Waals surface area contributed by atoms with Crippen molar-refractivity contribution in [2.75, 3.05) is 5.73 Å². The average Bonchev–Trinajstić information content (AvgIpc) is 2.08. The molecule has 1 aromatic rings. The molecule has 1 rings (SSSR count). The van der Waals surface area contributed by atoms with E-state index >= 15 is 0 Å². The molecule has 0 aliphatic heterocycles. The standard InChI is InChI=1S/C6H4FN3O4/c7-4-1-3(9(11)12)2-5(6(4)8)10(13)14/h1-2H,8H2. The predicted molar refractivity (Wildman–Crippen MR) is 44.1 cm³/mol. The Morgan fingerprint density at radius 1 is 1.21 bits per heavy atom. The van der Waals surface area contributed by atoms with Crippen LogP contribution in [0.1, 0.15) is 0 Å². The molecule has 8 heteroatoms. The van der Waals surface area contributed by atoms with E-state index in [1.165, 1.54) is 0 Å². The van der Waals surface area contributed by atoms with Gasteiger partial charge in [-0.15, -0.1) is 0 Å². The highest BCUT2D eigenvalue weighted by Crippen LogP contribution is 2.29. The van der Waals surface area contributed by atoms with Crippen LogP contribution in [0.2, 0.25) is 0 Å². The number of nitrogen functional groups attached to an aromatic ring is 1. The first-order valence-electron chi connectivity index (χ1n) is 3.31. The summed E-state index contributed by atoms with van der Waals surface area (Å²) >= 11 is 0. The molecule has 0 aliphatic carbocycles. The Kier molecular flexibility index (Phi) is 2.28. The Hall–Kier alpha value is -2.25. The number of benzene rings is 1. The van der Waals surface area contributed by atoms with Crippen molar-refractivity contribution in [1.29, 1.82) is 0 Å². The van der Waals surface area contributed by atoms with Gasteiger partial charge in [-0.2, -0.15) is 0 Å². The topological polar surface area (TPSA) is 112 Å². The summed E-state index contributed by atoms with van der Waals surface area (Å²) in [6.45, 7) is 0. The largest absolute Gasteiger partial charge is 0.391 e. The van der Waals surface area contributed by atoms with Crippen molar-refractivity contribution in [2.45, 2.75) is 0 Å². The van der Waals surface area contributed by atoms with Crippen molar-refractivity contribution in [3.63, 3.8) is 0 Å². The van der Waals surface area contributed by atoms with Gasteiger partial charge in [-0.3, -0.25) is 20.2 Å². The lowest BCUT2D eigenvalue weighted by Gasteiger charge is -1.98. The molecule has 7 nitrogen and oxygen atoms in total. The predicted octanol–water partition coefficient (Wildman–Crippen LogP) is 1.22. The molecule has 0 atom stereocenters. The van der Waals surface area contributed by atoms with Crippen molar-refractivity contribution in [3.8, 4) is 0 Å². The monoisotopic (exact) mass is 201 g/mol. The minimum absolute atomic E-state index is 0.530. The molecule has 14 heavy (non-hydrogen) atoms. The SMILES string of the molecule is Nc1c(F)cc([N+](=O)[O-])cc1[N+](=O)[O-]. The van der Waals surface area contributed by atoms with Crippen LogP contribution in [-0.2, 0) is 0 Å². The first kappa shape index (κ1) is 9.84. The summed E-state index contributed by atoms with van der Waals surface area (Å²) in [6.07, 6.45) is 0. The number of anilines is 1. The molecule has 2 N–H and O–H groups in total. The number of nitrogens with two attached hydrogens (primary N) is 1. The number of nitro groups is 2. The summed E-state index contributed by atoms with van der Waals surface area (Å²) in [5.74, 6) is -1.18. The van der Waals surface area contributed by atoms with Crippen molar-refractivity contribution in [2.24, 2.45) is 0 Å². The number of halogens is 1. The Morgan fingerprint density at radius 3 is 2.21 bits per heavy atom. The second kappa shape index (κ2) is 3.24. The van der Waals surface area contributed by atoms with E-state index in [1.54, 1.807) is 0 Å². The van der Waals surface area contributed by atoms with Crippen LogP contribution in [0, 0.1) is 26.0 Å². The van der Waals surface area contributed by atoms with Gasteiger partial charge in [0.2, 0.25) is 0 Å². The number of nitro benzene ring substituents is 2. The van der Waals surface area contributed by atoms with Gasteiger partial charge in [0, 0.05) is 0 Å². The number of hydrogen-bond acceptors (Lipinski definition) is 5. The second-order valence-corrected chi connectivity index (χ2v) is 2.37. The lowest BCUT2D eigenvalue weighted by atomic mass is 10.2. The van der Waals surface area contributed by atoms with E-state index in [0.717, 1.165) is 0 Å². The minimum atomic E-state index is -1.18. The van der Waals surface area contributed by atoms with Gasteiger partial charge < -0.3 is 5.73 Å². The Balaban J connectivity index is 3.43. The van der Waals surface area contributed by atoms with Gasteiger partial charge in [-0.1, -0.05) is 0 Å². The van der Waals surface area contributed by atoms with Crippen LogP contribution in [-0.4, -0.2) is 9.85 Å². The third kappa shape index (κ3) is 1.58. The highest BCUT2D eigenvalue weighted by atomic mass is 19.1. The average molecular weight is 201 g/mol. The van der Waals surface area contributed by atoms with E-state index in [4.69, 9.17) is 5.73 Å². The summed E-state index contributed by atoms with van der Waals surface area (Å²) in [6, 6.07) is 1.14. The van der Waals surface area contributed by atoms with Crippen molar-refractivity contribution < 1.29 is 14.2 Å². The molecule has 0 radical (unpaired) electrons. The van der Waals surface area contributed by atoms with E-state index in [-0.39, 0.29) is 0 Å². The maximum atomic E-state index is 12.8. The highest BCUT2D eigenvalue weighted by Gasteiger charge is 2.21. The fourth-order valence-electron chi connectivity index (χ4n) is 0.846. The quantitative estimate of drug-likeness (QED) is 0.439. The van der Waals surface area contributed by atoms with Crippen molar-refractivity contribution >= 4 is 17.1 Å².